The van der Waals surface area contributed by atoms with Crippen molar-refractivity contribution in [3.8, 4) is 0 Å². The summed E-state index contributed by atoms with van der Waals surface area (Å²) in [6, 6.07) is 9.47. The first-order valence-electron chi connectivity index (χ1n) is 7.70. The lowest BCUT2D eigenvalue weighted by Crippen LogP contribution is -2.56. The standard InChI is InChI=1S/C17H27N3O/c1-16(2)9-6-11-20(12-10-16)13-17(19,15(18)21)14-7-4-3-5-8-14/h3-5,7-8H,6,9-13,19H2,1-2H3,(H2,18,21). The molecule has 0 saturated carbocycles. The van der Waals surface area contributed by atoms with Gasteiger partial charge in [0, 0.05) is 6.54 Å². The van der Waals surface area contributed by atoms with Gasteiger partial charge in [-0.3, -0.25) is 4.79 Å². The van der Waals surface area contributed by atoms with Crippen molar-refractivity contribution in [3.63, 3.8) is 0 Å². The molecule has 4 N–H and O–H groups in total. The summed E-state index contributed by atoms with van der Waals surface area (Å²) in [6.45, 7) is 7.03. The lowest BCUT2D eigenvalue weighted by atomic mass is 9.85. The summed E-state index contributed by atoms with van der Waals surface area (Å²) < 4.78 is 0. The Morgan fingerprint density at radius 1 is 1.24 bits per heavy atom. The Kier molecular flexibility index (Phi) is 4.69. The first-order chi connectivity index (χ1) is 9.83. The van der Waals surface area contributed by atoms with Crippen LogP contribution in [0.25, 0.3) is 0 Å². The van der Waals surface area contributed by atoms with Gasteiger partial charge in [0.2, 0.25) is 5.91 Å². The average Bonchev–Trinajstić information content (AvgIpc) is 2.61. The Labute approximate surface area is 127 Å². The third-order valence-corrected chi connectivity index (χ3v) is 4.63. The fraction of sp³-hybridized carbons (Fsp3) is 0.588. The normalized spacial score (nSPS) is 22.2. The van der Waals surface area contributed by atoms with Crippen LogP contribution in [0.4, 0.5) is 0 Å². The van der Waals surface area contributed by atoms with Crippen LogP contribution in [0.1, 0.15) is 38.7 Å². The number of amides is 1. The zero-order chi connectivity index (χ0) is 15.5. The van der Waals surface area contributed by atoms with Crippen LogP contribution in [0, 0.1) is 5.41 Å². The first kappa shape index (κ1) is 16.0. The molecule has 1 unspecified atom stereocenters. The van der Waals surface area contributed by atoms with Crippen LogP contribution in [0.3, 0.4) is 0 Å². The van der Waals surface area contributed by atoms with Gasteiger partial charge in [-0.25, -0.2) is 0 Å². The summed E-state index contributed by atoms with van der Waals surface area (Å²) in [5, 5.41) is 0. The highest BCUT2D eigenvalue weighted by Gasteiger charge is 2.37. The lowest BCUT2D eigenvalue weighted by Gasteiger charge is -2.33. The van der Waals surface area contributed by atoms with Gasteiger partial charge in [-0.15, -0.1) is 0 Å². The molecule has 0 spiro atoms. The second-order valence-corrected chi connectivity index (χ2v) is 7.00. The maximum atomic E-state index is 12.0. The molecule has 2 rings (SSSR count). The predicted octanol–water partition coefficient (Wildman–Crippen LogP) is 1.84. The van der Waals surface area contributed by atoms with E-state index in [2.05, 4.69) is 18.7 Å². The summed E-state index contributed by atoms with van der Waals surface area (Å²) in [5.41, 5.74) is 12.1. The fourth-order valence-corrected chi connectivity index (χ4v) is 3.04. The molecule has 0 aromatic heterocycles. The molecule has 0 aliphatic carbocycles. The lowest BCUT2D eigenvalue weighted by molar-refractivity contribution is -0.124. The molecule has 1 amide bonds. The first-order valence-corrected chi connectivity index (χ1v) is 7.70. The van der Waals surface area contributed by atoms with Gasteiger partial charge in [0.05, 0.1) is 0 Å². The number of benzene rings is 1. The van der Waals surface area contributed by atoms with Gasteiger partial charge in [-0.05, 0) is 43.3 Å². The van der Waals surface area contributed by atoms with Crippen molar-refractivity contribution in [2.24, 2.45) is 16.9 Å². The van der Waals surface area contributed by atoms with Crippen LogP contribution in [0.15, 0.2) is 30.3 Å². The predicted molar refractivity (Wildman–Crippen MR) is 85.6 cm³/mol. The number of nitrogens with two attached hydrogens (primary N) is 2. The van der Waals surface area contributed by atoms with E-state index in [1.807, 2.05) is 30.3 Å². The van der Waals surface area contributed by atoms with Crippen molar-refractivity contribution in [3.05, 3.63) is 35.9 Å². The molecule has 1 aromatic carbocycles. The van der Waals surface area contributed by atoms with Crippen molar-refractivity contribution in [1.82, 2.24) is 4.90 Å². The van der Waals surface area contributed by atoms with Crippen molar-refractivity contribution < 1.29 is 4.79 Å². The average molecular weight is 289 g/mol. The molecule has 1 aliphatic rings. The van der Waals surface area contributed by atoms with Crippen LogP contribution in [0.5, 0.6) is 0 Å². The Morgan fingerprint density at radius 3 is 2.52 bits per heavy atom. The number of rotatable bonds is 4. The number of primary amides is 1. The minimum Gasteiger partial charge on any atom is -0.368 e. The number of carbonyl (C=O) groups excluding carboxylic acids is 1. The van der Waals surface area contributed by atoms with E-state index in [9.17, 15) is 4.79 Å². The summed E-state index contributed by atoms with van der Waals surface area (Å²) in [5.74, 6) is -0.461. The van der Waals surface area contributed by atoms with Gasteiger partial charge < -0.3 is 16.4 Å². The molecule has 1 heterocycles. The van der Waals surface area contributed by atoms with Crippen LogP contribution >= 0.6 is 0 Å². The van der Waals surface area contributed by atoms with Crippen LogP contribution in [0.2, 0.25) is 0 Å². The number of carbonyl (C=O) groups is 1. The number of nitrogens with zero attached hydrogens (tertiary/aromatic N) is 1. The Hall–Kier alpha value is -1.39. The number of hydrogen-bond acceptors (Lipinski definition) is 3. The molecule has 1 aliphatic heterocycles. The van der Waals surface area contributed by atoms with Gasteiger partial charge in [-0.1, -0.05) is 44.2 Å². The zero-order valence-corrected chi connectivity index (χ0v) is 13.1. The summed E-state index contributed by atoms with van der Waals surface area (Å²) in [6.07, 6.45) is 3.47. The third-order valence-electron chi connectivity index (χ3n) is 4.63. The van der Waals surface area contributed by atoms with E-state index >= 15 is 0 Å². The van der Waals surface area contributed by atoms with Crippen molar-refractivity contribution >= 4 is 5.91 Å². The molecular formula is C17H27N3O. The molecule has 21 heavy (non-hydrogen) atoms. The summed E-state index contributed by atoms with van der Waals surface area (Å²) in [4.78, 5) is 14.3. The second kappa shape index (κ2) is 6.16. The Balaban J connectivity index is 2.15. The van der Waals surface area contributed by atoms with Gasteiger partial charge in [0.1, 0.15) is 5.54 Å². The smallest absolute Gasteiger partial charge is 0.243 e. The van der Waals surface area contributed by atoms with Crippen LogP contribution in [-0.2, 0) is 10.3 Å². The van der Waals surface area contributed by atoms with E-state index in [-0.39, 0.29) is 0 Å². The highest BCUT2D eigenvalue weighted by molar-refractivity contribution is 5.86. The van der Waals surface area contributed by atoms with Crippen molar-refractivity contribution in [2.45, 2.75) is 38.6 Å². The molecule has 116 valence electrons. The maximum absolute atomic E-state index is 12.0. The van der Waals surface area contributed by atoms with Gasteiger partial charge in [0.25, 0.3) is 0 Å². The monoisotopic (exact) mass is 289 g/mol. The van der Waals surface area contributed by atoms with Crippen molar-refractivity contribution in [2.75, 3.05) is 19.6 Å². The summed E-state index contributed by atoms with van der Waals surface area (Å²) >= 11 is 0. The second-order valence-electron chi connectivity index (χ2n) is 7.00. The van der Waals surface area contributed by atoms with E-state index in [1.165, 1.54) is 6.42 Å². The minimum atomic E-state index is -1.12. The Bertz CT molecular complexity index is 486. The third kappa shape index (κ3) is 3.83. The van der Waals surface area contributed by atoms with E-state index in [0.717, 1.165) is 31.5 Å². The number of hydrogen-bond donors (Lipinski definition) is 2. The highest BCUT2D eigenvalue weighted by atomic mass is 16.1. The van der Waals surface area contributed by atoms with Gasteiger partial charge in [0.15, 0.2) is 0 Å². The van der Waals surface area contributed by atoms with Crippen LogP contribution in [-0.4, -0.2) is 30.4 Å². The molecule has 1 fully saturated rings. The molecule has 0 radical (unpaired) electrons. The molecular weight excluding hydrogens is 262 g/mol. The van der Waals surface area contributed by atoms with E-state index in [0.29, 0.717) is 12.0 Å². The Morgan fingerprint density at radius 2 is 1.90 bits per heavy atom. The quantitative estimate of drug-likeness (QED) is 0.888. The largest absolute Gasteiger partial charge is 0.368 e. The molecule has 1 aromatic rings. The molecule has 1 saturated heterocycles. The van der Waals surface area contributed by atoms with E-state index in [4.69, 9.17) is 11.5 Å². The topological polar surface area (TPSA) is 72.3 Å². The maximum Gasteiger partial charge on any atom is 0.243 e. The molecule has 4 heteroatoms. The van der Waals surface area contributed by atoms with Crippen molar-refractivity contribution in [1.29, 1.82) is 0 Å². The zero-order valence-electron chi connectivity index (χ0n) is 13.1. The summed E-state index contributed by atoms with van der Waals surface area (Å²) in [7, 11) is 0. The van der Waals surface area contributed by atoms with Gasteiger partial charge in [-0.2, -0.15) is 0 Å². The number of likely N-dealkylation sites (tertiary alicyclic amines) is 1. The fourth-order valence-electron chi connectivity index (χ4n) is 3.04. The van der Waals surface area contributed by atoms with E-state index < -0.39 is 11.4 Å². The highest BCUT2D eigenvalue weighted by Crippen LogP contribution is 2.31. The van der Waals surface area contributed by atoms with Gasteiger partial charge >= 0.3 is 0 Å². The minimum absolute atomic E-state index is 0.367. The van der Waals surface area contributed by atoms with E-state index in [1.54, 1.807) is 0 Å². The molecule has 1 atom stereocenters. The SMILES string of the molecule is CC1(C)CCCN(CC(N)(C(N)=O)c2ccccc2)CC1. The molecule has 4 nitrogen and oxygen atoms in total. The molecule has 0 bridgehead atoms. The van der Waals surface area contributed by atoms with Crippen LogP contribution < -0.4 is 11.5 Å².